The van der Waals surface area contributed by atoms with Crippen LogP contribution in [-0.2, 0) is 6.42 Å². The molecule has 0 aliphatic rings. The molecule has 1 amide bonds. The Hall–Kier alpha value is -3.42. The number of para-hydroxylation sites is 1. The van der Waals surface area contributed by atoms with Crippen molar-refractivity contribution in [2.75, 3.05) is 19.0 Å². The number of benzene rings is 1. The predicted octanol–water partition coefficient (Wildman–Crippen LogP) is 2.50. The number of carbonyl (C=O) groups is 1. The Bertz CT molecular complexity index is 894. The smallest absolute Gasteiger partial charge is 0.270 e. The number of rotatable bonds is 7. The van der Waals surface area contributed by atoms with Gasteiger partial charge in [-0.1, -0.05) is 23.4 Å². The van der Waals surface area contributed by atoms with Crippen LogP contribution in [0.4, 0.5) is 11.8 Å². The van der Waals surface area contributed by atoms with Crippen molar-refractivity contribution in [3.63, 3.8) is 0 Å². The van der Waals surface area contributed by atoms with Crippen molar-refractivity contribution < 1.29 is 14.1 Å². The lowest BCUT2D eigenvalue weighted by atomic mass is 10.1. The second-order valence-electron chi connectivity index (χ2n) is 5.53. The van der Waals surface area contributed by atoms with Gasteiger partial charge >= 0.3 is 0 Å². The summed E-state index contributed by atoms with van der Waals surface area (Å²) in [7, 11) is 1.63. The zero-order valence-corrected chi connectivity index (χ0v) is 14.5. The van der Waals surface area contributed by atoms with Crippen molar-refractivity contribution in [1.29, 1.82) is 0 Å². The van der Waals surface area contributed by atoms with Gasteiger partial charge in [-0.2, -0.15) is 0 Å². The van der Waals surface area contributed by atoms with E-state index in [9.17, 15) is 4.79 Å². The topological polar surface area (TPSA) is 102 Å². The minimum Gasteiger partial charge on any atom is -0.496 e. The highest BCUT2D eigenvalue weighted by Crippen LogP contribution is 2.17. The van der Waals surface area contributed by atoms with Crippen LogP contribution in [0.3, 0.4) is 0 Å². The van der Waals surface area contributed by atoms with E-state index in [2.05, 4.69) is 25.8 Å². The average molecular weight is 353 g/mol. The van der Waals surface area contributed by atoms with Crippen molar-refractivity contribution in [1.82, 2.24) is 20.4 Å². The maximum Gasteiger partial charge on any atom is 0.270 e. The molecule has 0 unspecified atom stereocenters. The van der Waals surface area contributed by atoms with Gasteiger partial charge in [-0.3, -0.25) is 4.79 Å². The molecular weight excluding hydrogens is 334 g/mol. The number of aromatic nitrogens is 3. The highest BCUT2D eigenvalue weighted by molar-refractivity contribution is 5.92. The third-order valence-corrected chi connectivity index (χ3v) is 3.63. The normalized spacial score (nSPS) is 10.4. The van der Waals surface area contributed by atoms with Gasteiger partial charge in [0.05, 0.1) is 7.11 Å². The van der Waals surface area contributed by atoms with Gasteiger partial charge in [0.1, 0.15) is 17.2 Å². The molecule has 134 valence electrons. The maximum atomic E-state index is 12.3. The number of nitrogens with zero attached hydrogens (tertiary/aromatic N) is 3. The van der Waals surface area contributed by atoms with E-state index in [0.29, 0.717) is 24.5 Å². The highest BCUT2D eigenvalue weighted by atomic mass is 16.5. The van der Waals surface area contributed by atoms with Crippen LogP contribution >= 0.6 is 0 Å². The lowest BCUT2D eigenvalue weighted by molar-refractivity contribution is 0.0949. The average Bonchev–Trinajstić information content (AvgIpc) is 3.07. The molecule has 0 aliphatic heterocycles. The Morgan fingerprint density at radius 3 is 2.88 bits per heavy atom. The Balaban J connectivity index is 1.58. The monoisotopic (exact) mass is 353 g/mol. The van der Waals surface area contributed by atoms with E-state index in [1.54, 1.807) is 26.2 Å². The molecule has 0 aliphatic carbocycles. The maximum absolute atomic E-state index is 12.3. The Kier molecular flexibility index (Phi) is 5.43. The fourth-order valence-corrected chi connectivity index (χ4v) is 2.40. The molecule has 26 heavy (non-hydrogen) atoms. The molecule has 2 aromatic heterocycles. The summed E-state index contributed by atoms with van der Waals surface area (Å²) in [5, 5.41) is 9.55. The predicted molar refractivity (Wildman–Crippen MR) is 95.6 cm³/mol. The summed E-state index contributed by atoms with van der Waals surface area (Å²) in [6.07, 6.45) is 2.17. The number of aryl methyl sites for hydroxylation is 1. The van der Waals surface area contributed by atoms with E-state index < -0.39 is 0 Å². The van der Waals surface area contributed by atoms with Crippen molar-refractivity contribution in [2.45, 2.75) is 13.3 Å². The summed E-state index contributed by atoms with van der Waals surface area (Å²) in [5.41, 5.74) is 1.30. The highest BCUT2D eigenvalue weighted by Gasteiger charge is 2.10. The SMILES string of the molecule is COc1ccccc1CCNC(=O)c1ccnc(Nc2cc(C)on2)n1. The summed E-state index contributed by atoms with van der Waals surface area (Å²) in [5.74, 6) is 1.95. The molecule has 1 aromatic carbocycles. The van der Waals surface area contributed by atoms with Gasteiger partial charge < -0.3 is 19.9 Å². The molecule has 0 radical (unpaired) electrons. The van der Waals surface area contributed by atoms with Crippen LogP contribution in [0, 0.1) is 6.92 Å². The number of anilines is 2. The van der Waals surface area contributed by atoms with Gasteiger partial charge in [-0.25, -0.2) is 9.97 Å². The van der Waals surface area contributed by atoms with Crippen LogP contribution in [0.15, 0.2) is 47.1 Å². The van der Waals surface area contributed by atoms with Crippen LogP contribution in [0.25, 0.3) is 0 Å². The fourth-order valence-electron chi connectivity index (χ4n) is 2.40. The first kappa shape index (κ1) is 17.4. The number of ether oxygens (including phenoxy) is 1. The molecule has 8 heteroatoms. The summed E-state index contributed by atoms with van der Waals surface area (Å²) in [6, 6.07) is 11.0. The molecule has 0 fully saturated rings. The molecule has 0 spiro atoms. The molecule has 0 saturated carbocycles. The van der Waals surface area contributed by atoms with Crippen molar-refractivity contribution in [2.24, 2.45) is 0 Å². The molecule has 0 atom stereocenters. The zero-order valence-electron chi connectivity index (χ0n) is 14.5. The van der Waals surface area contributed by atoms with Gasteiger partial charge in [-0.05, 0) is 31.0 Å². The first-order chi connectivity index (χ1) is 12.7. The third kappa shape index (κ3) is 4.35. The number of methoxy groups -OCH3 is 1. The van der Waals surface area contributed by atoms with E-state index in [1.165, 1.54) is 6.20 Å². The van der Waals surface area contributed by atoms with Crippen molar-refractivity contribution in [3.05, 3.63) is 59.6 Å². The van der Waals surface area contributed by atoms with E-state index in [-0.39, 0.29) is 17.5 Å². The first-order valence-corrected chi connectivity index (χ1v) is 8.09. The van der Waals surface area contributed by atoms with E-state index in [0.717, 1.165) is 11.3 Å². The number of nitrogens with one attached hydrogen (secondary N) is 2. The summed E-state index contributed by atoms with van der Waals surface area (Å²) < 4.78 is 10.3. The number of hydrogen-bond donors (Lipinski definition) is 2. The second-order valence-corrected chi connectivity index (χ2v) is 5.53. The van der Waals surface area contributed by atoms with E-state index in [4.69, 9.17) is 9.26 Å². The van der Waals surface area contributed by atoms with Gasteiger partial charge in [-0.15, -0.1) is 0 Å². The van der Waals surface area contributed by atoms with Gasteiger partial charge in [0.25, 0.3) is 5.91 Å². The number of amides is 1. The van der Waals surface area contributed by atoms with Gasteiger partial charge in [0.2, 0.25) is 5.95 Å². The fraction of sp³-hybridized carbons (Fsp3) is 0.222. The third-order valence-electron chi connectivity index (χ3n) is 3.63. The summed E-state index contributed by atoms with van der Waals surface area (Å²) in [6.45, 7) is 2.25. The summed E-state index contributed by atoms with van der Waals surface area (Å²) in [4.78, 5) is 20.6. The van der Waals surface area contributed by atoms with E-state index in [1.807, 2.05) is 24.3 Å². The number of hydrogen-bond acceptors (Lipinski definition) is 7. The van der Waals surface area contributed by atoms with Gasteiger partial charge in [0.15, 0.2) is 5.82 Å². The standard InChI is InChI=1S/C18H19N5O3/c1-12-11-16(23-26-12)22-18-20-10-8-14(21-18)17(24)19-9-7-13-5-3-4-6-15(13)25-2/h3-6,8,10-11H,7,9H2,1-2H3,(H,19,24)(H,20,21,22,23). The van der Waals surface area contributed by atoms with E-state index >= 15 is 0 Å². The molecule has 0 bridgehead atoms. The zero-order chi connectivity index (χ0) is 18.4. The number of carbonyl (C=O) groups excluding carboxylic acids is 1. The molecule has 2 N–H and O–H groups in total. The lowest BCUT2D eigenvalue weighted by Crippen LogP contribution is -2.26. The van der Waals surface area contributed by atoms with Crippen molar-refractivity contribution in [3.8, 4) is 5.75 Å². The van der Waals surface area contributed by atoms with Crippen LogP contribution in [0.1, 0.15) is 21.8 Å². The Morgan fingerprint density at radius 1 is 1.27 bits per heavy atom. The molecule has 8 nitrogen and oxygen atoms in total. The quantitative estimate of drug-likeness (QED) is 0.673. The van der Waals surface area contributed by atoms with Crippen LogP contribution in [0.2, 0.25) is 0 Å². The molecule has 3 aromatic rings. The molecular formula is C18H19N5O3. The Labute approximate surface area is 150 Å². The minimum atomic E-state index is -0.276. The van der Waals surface area contributed by atoms with Crippen molar-refractivity contribution >= 4 is 17.7 Å². The summed E-state index contributed by atoms with van der Waals surface area (Å²) >= 11 is 0. The van der Waals surface area contributed by atoms with Gasteiger partial charge in [0, 0.05) is 18.8 Å². The Morgan fingerprint density at radius 2 is 2.12 bits per heavy atom. The lowest BCUT2D eigenvalue weighted by Gasteiger charge is -2.09. The second kappa shape index (κ2) is 8.11. The molecule has 2 heterocycles. The van der Waals surface area contributed by atoms with Crippen LogP contribution < -0.4 is 15.4 Å². The largest absolute Gasteiger partial charge is 0.496 e. The molecule has 0 saturated heterocycles. The first-order valence-electron chi connectivity index (χ1n) is 8.09. The van der Waals surface area contributed by atoms with Crippen LogP contribution in [0.5, 0.6) is 5.75 Å². The molecule has 3 rings (SSSR count). The van der Waals surface area contributed by atoms with Crippen LogP contribution in [-0.4, -0.2) is 34.7 Å². The minimum absolute atomic E-state index is 0.266.